The van der Waals surface area contributed by atoms with E-state index in [0.717, 1.165) is 4.31 Å². The van der Waals surface area contributed by atoms with E-state index in [2.05, 4.69) is 0 Å². The van der Waals surface area contributed by atoms with Crippen molar-refractivity contribution >= 4 is 26.8 Å². The van der Waals surface area contributed by atoms with Gasteiger partial charge in [-0.05, 0) is 31.2 Å². The number of anilines is 1. The lowest BCUT2D eigenvalue weighted by Gasteiger charge is -2.20. The number of aromatic nitrogens is 1. The lowest BCUT2D eigenvalue weighted by atomic mass is 10.3. The number of benzene rings is 2. The number of sulfonamides is 1. The van der Waals surface area contributed by atoms with Gasteiger partial charge in [0.25, 0.3) is 10.0 Å². The second-order valence-electron chi connectivity index (χ2n) is 5.75. The molecule has 0 aliphatic carbocycles. The number of ether oxygens (including phenoxy) is 2. The van der Waals surface area contributed by atoms with Crippen LogP contribution in [0.3, 0.4) is 0 Å². The van der Waals surface area contributed by atoms with Crippen LogP contribution in [0, 0.1) is 0 Å². The lowest BCUT2D eigenvalue weighted by Crippen LogP contribution is -2.26. The van der Waals surface area contributed by atoms with E-state index in [1.807, 2.05) is 6.92 Å². The summed E-state index contributed by atoms with van der Waals surface area (Å²) < 4.78 is 44.2. The normalized spacial score (nSPS) is 11.6. The number of hydrogen-bond donors (Lipinski definition) is 0. The van der Waals surface area contributed by atoms with E-state index < -0.39 is 15.8 Å². The number of aryl methyl sites for hydroxylation is 1. The minimum absolute atomic E-state index is 0.0179. The minimum atomic E-state index is -3.87. The predicted molar refractivity (Wildman–Crippen MR) is 101 cm³/mol. The van der Waals surface area contributed by atoms with Gasteiger partial charge in [0.1, 0.15) is 0 Å². The van der Waals surface area contributed by atoms with Gasteiger partial charge in [0.15, 0.2) is 17.1 Å². The molecule has 8 nitrogen and oxygen atoms in total. The first-order valence-corrected chi connectivity index (χ1v) is 9.61. The molecule has 0 fully saturated rings. The summed E-state index contributed by atoms with van der Waals surface area (Å²) >= 11 is 0. The largest absolute Gasteiger partial charge is 0.493 e. The van der Waals surface area contributed by atoms with Crippen LogP contribution in [0.2, 0.25) is 0 Å². The zero-order valence-electron chi connectivity index (χ0n) is 15.4. The van der Waals surface area contributed by atoms with Crippen LogP contribution >= 0.6 is 0 Å². The Morgan fingerprint density at radius 3 is 2.41 bits per heavy atom. The maximum absolute atomic E-state index is 13.0. The molecular weight excluding hydrogens is 372 g/mol. The van der Waals surface area contributed by atoms with Gasteiger partial charge in [0, 0.05) is 25.7 Å². The van der Waals surface area contributed by atoms with Gasteiger partial charge in [0.2, 0.25) is 0 Å². The summed E-state index contributed by atoms with van der Waals surface area (Å²) in [6.45, 7) is 2.25. The molecule has 144 valence electrons. The van der Waals surface area contributed by atoms with Crippen LogP contribution in [-0.2, 0) is 16.6 Å². The third kappa shape index (κ3) is 3.14. The van der Waals surface area contributed by atoms with Crippen molar-refractivity contribution < 1.29 is 22.3 Å². The van der Waals surface area contributed by atoms with Crippen molar-refractivity contribution in [1.29, 1.82) is 0 Å². The fourth-order valence-corrected chi connectivity index (χ4v) is 4.03. The Labute approximate surface area is 156 Å². The number of oxazole rings is 1. The van der Waals surface area contributed by atoms with Crippen LogP contribution in [0.4, 0.5) is 5.69 Å². The minimum Gasteiger partial charge on any atom is -0.493 e. The molecule has 27 heavy (non-hydrogen) atoms. The van der Waals surface area contributed by atoms with E-state index in [1.165, 1.54) is 38.0 Å². The van der Waals surface area contributed by atoms with Crippen molar-refractivity contribution in [2.24, 2.45) is 0 Å². The molecule has 2 aromatic carbocycles. The summed E-state index contributed by atoms with van der Waals surface area (Å²) in [4.78, 5) is 11.8. The number of hydrogen-bond acceptors (Lipinski definition) is 6. The van der Waals surface area contributed by atoms with Crippen molar-refractivity contribution in [3.63, 3.8) is 0 Å². The average molecular weight is 392 g/mol. The molecule has 0 aliphatic rings. The Balaban J connectivity index is 2.05. The van der Waals surface area contributed by atoms with Gasteiger partial charge >= 0.3 is 5.76 Å². The van der Waals surface area contributed by atoms with E-state index in [4.69, 9.17) is 13.9 Å². The smallest absolute Gasteiger partial charge is 0.419 e. The Bertz CT molecular complexity index is 1150. The van der Waals surface area contributed by atoms with Gasteiger partial charge in [0.05, 0.1) is 30.3 Å². The number of methoxy groups -OCH3 is 2. The van der Waals surface area contributed by atoms with Crippen LogP contribution in [0.25, 0.3) is 11.1 Å². The molecule has 0 spiro atoms. The van der Waals surface area contributed by atoms with Crippen LogP contribution < -0.4 is 19.5 Å². The van der Waals surface area contributed by atoms with E-state index in [1.54, 1.807) is 24.3 Å². The van der Waals surface area contributed by atoms with Gasteiger partial charge in [-0.25, -0.2) is 13.2 Å². The third-order valence-electron chi connectivity index (χ3n) is 4.35. The molecule has 0 unspecified atom stereocenters. The van der Waals surface area contributed by atoms with Crippen LogP contribution in [-0.4, -0.2) is 34.3 Å². The van der Waals surface area contributed by atoms with Gasteiger partial charge in [-0.1, -0.05) is 0 Å². The first kappa shape index (κ1) is 18.8. The monoisotopic (exact) mass is 392 g/mol. The van der Waals surface area contributed by atoms with Crippen molar-refractivity contribution in [2.75, 3.05) is 25.6 Å². The fraction of sp³-hybridized carbons (Fsp3) is 0.278. The van der Waals surface area contributed by atoms with Crippen LogP contribution in [0.1, 0.15) is 6.92 Å². The second kappa shape index (κ2) is 6.99. The molecule has 0 aliphatic heterocycles. The Hall–Kier alpha value is -2.94. The highest BCUT2D eigenvalue weighted by Crippen LogP contribution is 2.33. The zero-order chi connectivity index (χ0) is 19.8. The topological polar surface area (TPSA) is 91.0 Å². The van der Waals surface area contributed by atoms with Gasteiger partial charge in [-0.3, -0.25) is 8.87 Å². The highest BCUT2D eigenvalue weighted by molar-refractivity contribution is 7.92. The Morgan fingerprint density at radius 2 is 1.78 bits per heavy atom. The third-order valence-corrected chi connectivity index (χ3v) is 6.13. The Kier molecular flexibility index (Phi) is 4.88. The average Bonchev–Trinajstić information content (AvgIpc) is 3.00. The van der Waals surface area contributed by atoms with Crippen LogP contribution in [0.5, 0.6) is 11.5 Å². The molecule has 9 heteroatoms. The molecule has 0 amide bonds. The molecule has 1 aromatic heterocycles. The molecule has 3 aromatic rings. The summed E-state index contributed by atoms with van der Waals surface area (Å²) in [5.74, 6) is 0.393. The quantitative estimate of drug-likeness (QED) is 0.640. The summed E-state index contributed by atoms with van der Waals surface area (Å²) in [5.41, 5.74) is 1.18. The van der Waals surface area contributed by atoms with E-state index in [0.29, 0.717) is 29.2 Å². The van der Waals surface area contributed by atoms with Gasteiger partial charge < -0.3 is 13.9 Å². The number of rotatable bonds is 6. The standard InChI is InChI=1S/C18H20N2O6S/c1-5-20-14-8-7-13(11-16(14)26-18(20)21)27(22,23)19(2)12-6-9-15(24-3)17(10-12)25-4/h6-11H,5H2,1-4H3. The molecule has 0 radical (unpaired) electrons. The fourth-order valence-electron chi connectivity index (χ4n) is 2.82. The summed E-state index contributed by atoms with van der Waals surface area (Å²) in [6.07, 6.45) is 0. The summed E-state index contributed by atoms with van der Waals surface area (Å²) in [6, 6.07) is 9.20. The van der Waals surface area contributed by atoms with Gasteiger partial charge in [-0.15, -0.1) is 0 Å². The number of nitrogens with zero attached hydrogens (tertiary/aromatic N) is 2. The van der Waals surface area contributed by atoms with Crippen molar-refractivity contribution in [3.05, 3.63) is 46.9 Å². The second-order valence-corrected chi connectivity index (χ2v) is 7.72. The zero-order valence-corrected chi connectivity index (χ0v) is 16.2. The molecule has 0 saturated heterocycles. The van der Waals surface area contributed by atoms with E-state index in [9.17, 15) is 13.2 Å². The molecule has 0 bridgehead atoms. The summed E-state index contributed by atoms with van der Waals surface area (Å²) in [5, 5.41) is 0. The molecule has 1 heterocycles. The molecule has 0 saturated carbocycles. The molecule has 0 N–H and O–H groups in total. The van der Waals surface area contributed by atoms with Crippen LogP contribution in [0.15, 0.2) is 50.5 Å². The van der Waals surface area contributed by atoms with Crippen molar-refractivity contribution in [2.45, 2.75) is 18.4 Å². The molecule has 0 atom stereocenters. The summed E-state index contributed by atoms with van der Waals surface area (Å²) in [7, 11) is 0.546. The van der Waals surface area contributed by atoms with Crippen molar-refractivity contribution in [3.8, 4) is 11.5 Å². The number of fused-ring (bicyclic) bond motifs is 1. The van der Waals surface area contributed by atoms with Gasteiger partial charge in [-0.2, -0.15) is 0 Å². The first-order valence-electron chi connectivity index (χ1n) is 8.17. The highest BCUT2D eigenvalue weighted by atomic mass is 32.2. The van der Waals surface area contributed by atoms with E-state index in [-0.39, 0.29) is 10.5 Å². The lowest BCUT2D eigenvalue weighted by molar-refractivity contribution is 0.355. The predicted octanol–water partition coefficient (Wildman–Crippen LogP) is 2.46. The molecule has 3 rings (SSSR count). The highest BCUT2D eigenvalue weighted by Gasteiger charge is 2.24. The van der Waals surface area contributed by atoms with Crippen molar-refractivity contribution in [1.82, 2.24) is 4.57 Å². The molecular formula is C18H20N2O6S. The maximum atomic E-state index is 13.0. The SMILES string of the molecule is CCn1c(=O)oc2cc(S(=O)(=O)N(C)c3ccc(OC)c(OC)c3)ccc21. The van der Waals surface area contributed by atoms with E-state index >= 15 is 0 Å². The first-order chi connectivity index (χ1) is 12.8. The maximum Gasteiger partial charge on any atom is 0.419 e. The Morgan fingerprint density at radius 1 is 1.07 bits per heavy atom.